The smallest absolute Gasteiger partial charge is 0.303 e. The lowest BCUT2D eigenvalue weighted by molar-refractivity contribution is -0.245. The lowest BCUT2D eigenvalue weighted by atomic mass is 9.89. The lowest BCUT2D eigenvalue weighted by Crippen LogP contribution is -2.57. The van der Waals surface area contributed by atoms with Gasteiger partial charge in [-0.15, -0.1) is 0 Å². The van der Waals surface area contributed by atoms with Crippen LogP contribution in [0.2, 0.25) is 5.02 Å². The molecule has 2 aromatic rings. The van der Waals surface area contributed by atoms with Crippen molar-refractivity contribution in [3.05, 3.63) is 64.2 Å². The maximum Gasteiger partial charge on any atom is 0.303 e. The second-order valence-corrected chi connectivity index (χ2v) is 9.00. The Bertz CT molecular complexity index is 1080. The van der Waals surface area contributed by atoms with Crippen molar-refractivity contribution >= 4 is 29.5 Å². The summed E-state index contributed by atoms with van der Waals surface area (Å²) in [5.41, 5.74) is 2.54. The summed E-state index contributed by atoms with van der Waals surface area (Å²) in [4.78, 5) is 35.7. The van der Waals surface area contributed by atoms with Crippen molar-refractivity contribution in [2.24, 2.45) is 0 Å². The number of carbonyl (C=O) groups excluding carboxylic acids is 3. The van der Waals surface area contributed by atoms with E-state index in [1.807, 2.05) is 37.3 Å². The second kappa shape index (κ2) is 12.2. The number of benzene rings is 2. The molecule has 1 fully saturated rings. The van der Waals surface area contributed by atoms with Gasteiger partial charge in [-0.05, 0) is 55.2 Å². The van der Waals surface area contributed by atoms with Crippen LogP contribution in [-0.2, 0) is 39.8 Å². The Morgan fingerprint density at radius 2 is 1.44 bits per heavy atom. The molecule has 1 heterocycles. The largest absolute Gasteiger partial charge is 0.494 e. The predicted octanol–water partition coefficient (Wildman–Crippen LogP) is 4.58. The molecule has 0 bridgehead atoms. The van der Waals surface area contributed by atoms with Gasteiger partial charge in [-0.1, -0.05) is 35.9 Å². The molecule has 9 heteroatoms. The summed E-state index contributed by atoms with van der Waals surface area (Å²) in [5.74, 6) is -0.981. The number of ether oxygens (including phenoxy) is 5. The Morgan fingerprint density at radius 3 is 2.03 bits per heavy atom. The normalized spacial score (nSPS) is 23.4. The van der Waals surface area contributed by atoms with Gasteiger partial charge in [0.1, 0.15) is 11.9 Å². The Labute approximate surface area is 215 Å². The molecule has 194 valence electrons. The first kappa shape index (κ1) is 27.5. The number of esters is 3. The molecule has 1 unspecified atom stereocenters. The van der Waals surface area contributed by atoms with E-state index in [0.717, 1.165) is 16.9 Å². The molecule has 0 spiro atoms. The Kier molecular flexibility index (Phi) is 9.34. The first-order valence-corrected chi connectivity index (χ1v) is 12.1. The predicted molar refractivity (Wildman–Crippen MR) is 132 cm³/mol. The molecule has 0 radical (unpaired) electrons. The first-order chi connectivity index (χ1) is 17.1. The summed E-state index contributed by atoms with van der Waals surface area (Å²) >= 11 is 6.52. The van der Waals surface area contributed by atoms with E-state index in [1.165, 1.54) is 20.8 Å². The summed E-state index contributed by atoms with van der Waals surface area (Å²) in [7, 11) is 0. The topological polar surface area (TPSA) is 97.4 Å². The Hall–Kier alpha value is -3.10. The molecular weight excluding hydrogens is 488 g/mol. The molecule has 1 saturated heterocycles. The zero-order valence-electron chi connectivity index (χ0n) is 21.0. The Morgan fingerprint density at radius 1 is 0.861 bits per heavy atom. The molecule has 0 N–H and O–H groups in total. The summed E-state index contributed by atoms with van der Waals surface area (Å²) in [6.07, 6.45) is -3.97. The van der Waals surface area contributed by atoms with Crippen molar-refractivity contribution in [1.82, 2.24) is 0 Å². The van der Waals surface area contributed by atoms with E-state index in [9.17, 15) is 14.4 Å². The molecule has 2 aromatic carbocycles. The molecule has 0 aliphatic carbocycles. The third-order valence-electron chi connectivity index (χ3n) is 5.70. The fourth-order valence-corrected chi connectivity index (χ4v) is 4.46. The second-order valence-electron chi connectivity index (χ2n) is 8.59. The number of hydrogen-bond donors (Lipinski definition) is 0. The van der Waals surface area contributed by atoms with E-state index in [0.29, 0.717) is 23.6 Å². The van der Waals surface area contributed by atoms with Gasteiger partial charge in [-0.2, -0.15) is 0 Å². The minimum atomic E-state index is -1.06. The summed E-state index contributed by atoms with van der Waals surface area (Å²) < 4.78 is 28.2. The van der Waals surface area contributed by atoms with Crippen molar-refractivity contribution in [2.75, 3.05) is 6.61 Å². The average molecular weight is 519 g/mol. The molecular formula is C27H31ClO8. The van der Waals surface area contributed by atoms with Crippen LogP contribution in [-0.4, -0.2) is 48.9 Å². The quantitative estimate of drug-likeness (QED) is 0.370. The van der Waals surface area contributed by atoms with Crippen molar-refractivity contribution < 1.29 is 38.1 Å². The van der Waals surface area contributed by atoms with Crippen LogP contribution in [0.3, 0.4) is 0 Å². The highest BCUT2D eigenvalue weighted by molar-refractivity contribution is 6.31. The van der Waals surface area contributed by atoms with Gasteiger partial charge < -0.3 is 23.7 Å². The maximum atomic E-state index is 12.0. The zero-order chi connectivity index (χ0) is 26.4. The zero-order valence-corrected chi connectivity index (χ0v) is 21.7. The maximum absolute atomic E-state index is 12.0. The van der Waals surface area contributed by atoms with E-state index in [4.69, 9.17) is 35.3 Å². The highest BCUT2D eigenvalue weighted by Gasteiger charge is 2.50. The van der Waals surface area contributed by atoms with Crippen molar-refractivity contribution in [1.29, 1.82) is 0 Å². The Balaban J connectivity index is 1.96. The van der Waals surface area contributed by atoms with Gasteiger partial charge in [0.15, 0.2) is 18.3 Å². The van der Waals surface area contributed by atoms with Crippen molar-refractivity contribution in [3.8, 4) is 5.75 Å². The minimum Gasteiger partial charge on any atom is -0.494 e. The number of rotatable bonds is 8. The minimum absolute atomic E-state index is 0.545. The standard InChI is InChI=1S/C27H31ClO8/c1-6-32-22-10-7-19(8-11-22)13-21-14-20(9-12-23(21)28)25-27(36-18(5)31)26(35-17(4)30)24(15(2)33-25)34-16(3)29/h7-12,14-15,24-27H,6,13H2,1-5H3/t15?,24-,25+,26+,27+/m1/s1. The molecule has 1 aliphatic heterocycles. The van der Waals surface area contributed by atoms with Crippen LogP contribution in [0, 0.1) is 0 Å². The fraction of sp³-hybridized carbons (Fsp3) is 0.444. The first-order valence-electron chi connectivity index (χ1n) is 11.8. The van der Waals surface area contributed by atoms with Crippen LogP contribution in [0.5, 0.6) is 5.75 Å². The van der Waals surface area contributed by atoms with Gasteiger partial charge in [0.2, 0.25) is 0 Å². The number of halogens is 1. The third kappa shape index (κ3) is 6.98. The summed E-state index contributed by atoms with van der Waals surface area (Å²) in [5, 5.41) is 0.565. The fourth-order valence-electron chi connectivity index (χ4n) is 4.28. The van der Waals surface area contributed by atoms with Gasteiger partial charge in [0.05, 0.1) is 12.7 Å². The van der Waals surface area contributed by atoms with Gasteiger partial charge in [-0.3, -0.25) is 14.4 Å². The molecule has 8 nitrogen and oxygen atoms in total. The van der Waals surface area contributed by atoms with Crippen LogP contribution in [0.15, 0.2) is 42.5 Å². The van der Waals surface area contributed by atoms with Crippen LogP contribution < -0.4 is 4.74 Å². The molecule has 0 aromatic heterocycles. The van der Waals surface area contributed by atoms with E-state index in [-0.39, 0.29) is 0 Å². The average Bonchev–Trinajstić information content (AvgIpc) is 2.80. The van der Waals surface area contributed by atoms with E-state index in [2.05, 4.69) is 0 Å². The van der Waals surface area contributed by atoms with E-state index >= 15 is 0 Å². The van der Waals surface area contributed by atoms with Gasteiger partial charge in [-0.25, -0.2) is 0 Å². The van der Waals surface area contributed by atoms with Crippen LogP contribution in [0.25, 0.3) is 0 Å². The molecule has 3 rings (SSSR count). The van der Waals surface area contributed by atoms with Crippen molar-refractivity contribution in [2.45, 2.75) is 71.6 Å². The van der Waals surface area contributed by atoms with Gasteiger partial charge >= 0.3 is 17.9 Å². The summed E-state index contributed by atoms with van der Waals surface area (Å²) in [6.45, 7) is 7.96. The highest BCUT2D eigenvalue weighted by Crippen LogP contribution is 2.38. The van der Waals surface area contributed by atoms with Gasteiger partial charge in [0.25, 0.3) is 0 Å². The molecule has 36 heavy (non-hydrogen) atoms. The third-order valence-corrected chi connectivity index (χ3v) is 6.07. The molecule has 1 aliphatic rings. The van der Waals surface area contributed by atoms with Crippen molar-refractivity contribution in [3.63, 3.8) is 0 Å². The highest BCUT2D eigenvalue weighted by atomic mass is 35.5. The molecule has 0 saturated carbocycles. The number of carbonyl (C=O) groups is 3. The SMILES string of the molecule is CCOc1ccc(Cc2cc([C@@H]3OC(C)[C@@H](OC(C)=O)[C@H](OC(C)=O)[C@H]3OC(C)=O)ccc2Cl)cc1. The molecule has 5 atom stereocenters. The van der Waals surface area contributed by atoms with E-state index in [1.54, 1.807) is 19.1 Å². The van der Waals surface area contributed by atoms with E-state index < -0.39 is 48.4 Å². The van der Waals surface area contributed by atoms with Crippen LogP contribution >= 0.6 is 11.6 Å². The monoisotopic (exact) mass is 518 g/mol. The number of hydrogen-bond acceptors (Lipinski definition) is 8. The van der Waals surface area contributed by atoms with Crippen LogP contribution in [0.1, 0.15) is 57.4 Å². The van der Waals surface area contributed by atoms with Gasteiger partial charge in [0, 0.05) is 25.8 Å². The van der Waals surface area contributed by atoms with Crippen LogP contribution in [0.4, 0.5) is 0 Å². The lowest BCUT2D eigenvalue weighted by Gasteiger charge is -2.44. The summed E-state index contributed by atoms with van der Waals surface area (Å²) in [6, 6.07) is 13.1. The molecule has 0 amide bonds.